The smallest absolute Gasteiger partial charge is 0.214 e. The molecule has 1 rings (SSSR count). The quantitative estimate of drug-likeness (QED) is 0.339. The van der Waals surface area contributed by atoms with Gasteiger partial charge in [0.05, 0.1) is 6.10 Å². The molecular formula is C10H15N3O2. The van der Waals surface area contributed by atoms with E-state index in [9.17, 15) is 0 Å². The lowest BCUT2D eigenvalue weighted by atomic mass is 10.2. The number of hydrogen-bond acceptors (Lipinski definition) is 4. The molecule has 0 amide bonds. The van der Waals surface area contributed by atoms with Crippen LogP contribution in [0.4, 0.5) is 0 Å². The first kappa shape index (κ1) is 11.3. The summed E-state index contributed by atoms with van der Waals surface area (Å²) in [5, 5.41) is 11.4. The molecule has 0 bridgehead atoms. The van der Waals surface area contributed by atoms with Gasteiger partial charge in [-0.3, -0.25) is 0 Å². The average molecular weight is 209 g/mol. The third kappa shape index (κ3) is 3.12. The molecule has 1 atom stereocenters. The predicted octanol–water partition coefficient (Wildman–Crippen LogP) is 1.35. The minimum absolute atomic E-state index is 0.0476. The summed E-state index contributed by atoms with van der Waals surface area (Å²) < 4.78 is 5.50. The number of rotatable bonds is 4. The van der Waals surface area contributed by atoms with Crippen LogP contribution in [0.5, 0.6) is 5.88 Å². The zero-order valence-electron chi connectivity index (χ0n) is 8.84. The van der Waals surface area contributed by atoms with Crippen LogP contribution in [0.25, 0.3) is 0 Å². The van der Waals surface area contributed by atoms with Gasteiger partial charge in [-0.15, -0.1) is 0 Å². The van der Waals surface area contributed by atoms with Gasteiger partial charge in [-0.25, -0.2) is 4.98 Å². The van der Waals surface area contributed by atoms with Crippen LogP contribution in [0.2, 0.25) is 0 Å². The van der Waals surface area contributed by atoms with Crippen molar-refractivity contribution in [1.82, 2.24) is 4.98 Å². The molecule has 0 radical (unpaired) electrons. The van der Waals surface area contributed by atoms with E-state index in [1.54, 1.807) is 18.3 Å². The highest BCUT2D eigenvalue weighted by Gasteiger charge is 2.05. The second-order valence-electron chi connectivity index (χ2n) is 3.20. The molecule has 0 aliphatic carbocycles. The number of nitrogens with zero attached hydrogens (tertiary/aromatic N) is 2. The molecule has 1 heterocycles. The van der Waals surface area contributed by atoms with E-state index in [1.165, 1.54) is 0 Å². The zero-order valence-corrected chi connectivity index (χ0v) is 8.84. The third-order valence-corrected chi connectivity index (χ3v) is 2.04. The molecular weight excluding hydrogens is 194 g/mol. The Bertz CT molecular complexity index is 352. The maximum Gasteiger partial charge on any atom is 0.214 e. The Kier molecular flexibility index (Phi) is 3.91. The van der Waals surface area contributed by atoms with Crippen LogP contribution in [-0.2, 0) is 0 Å². The molecule has 82 valence electrons. The van der Waals surface area contributed by atoms with Crippen molar-refractivity contribution in [1.29, 1.82) is 0 Å². The van der Waals surface area contributed by atoms with E-state index in [4.69, 9.17) is 15.7 Å². The van der Waals surface area contributed by atoms with Crippen LogP contribution in [-0.4, -0.2) is 22.1 Å². The van der Waals surface area contributed by atoms with E-state index >= 15 is 0 Å². The molecule has 0 aliphatic rings. The van der Waals surface area contributed by atoms with Gasteiger partial charge in [0.1, 0.15) is 0 Å². The van der Waals surface area contributed by atoms with Crippen molar-refractivity contribution < 1.29 is 9.94 Å². The number of aromatic nitrogens is 1. The number of hydrogen-bond donors (Lipinski definition) is 2. The highest BCUT2D eigenvalue weighted by molar-refractivity contribution is 5.97. The molecule has 0 aromatic carbocycles. The Morgan fingerprint density at radius 3 is 3.07 bits per heavy atom. The van der Waals surface area contributed by atoms with Crippen molar-refractivity contribution in [3.63, 3.8) is 0 Å². The normalized spacial score (nSPS) is 13.6. The summed E-state index contributed by atoms with van der Waals surface area (Å²) in [6.45, 7) is 3.98. The van der Waals surface area contributed by atoms with Crippen LogP contribution in [0.15, 0.2) is 23.5 Å². The third-order valence-electron chi connectivity index (χ3n) is 2.04. The Hall–Kier alpha value is -1.78. The number of pyridine rings is 1. The molecule has 1 unspecified atom stereocenters. The van der Waals surface area contributed by atoms with Gasteiger partial charge in [-0.1, -0.05) is 12.1 Å². The van der Waals surface area contributed by atoms with Crippen molar-refractivity contribution in [3.05, 3.63) is 23.9 Å². The Labute approximate surface area is 88.6 Å². The summed E-state index contributed by atoms with van der Waals surface area (Å²) in [7, 11) is 0. The Balaban J connectivity index is 2.83. The molecule has 0 fully saturated rings. The zero-order chi connectivity index (χ0) is 11.3. The average Bonchev–Trinajstić information content (AvgIpc) is 2.28. The minimum atomic E-state index is 0.0476. The van der Waals surface area contributed by atoms with Crippen LogP contribution >= 0.6 is 0 Å². The van der Waals surface area contributed by atoms with E-state index in [2.05, 4.69) is 10.1 Å². The topological polar surface area (TPSA) is 80.7 Å². The number of ether oxygens (including phenoxy) is 1. The van der Waals surface area contributed by atoms with E-state index in [0.717, 1.165) is 6.42 Å². The summed E-state index contributed by atoms with van der Waals surface area (Å²) in [5.41, 5.74) is 6.03. The number of nitrogens with two attached hydrogens (primary N) is 1. The summed E-state index contributed by atoms with van der Waals surface area (Å²) >= 11 is 0. The second kappa shape index (κ2) is 5.19. The van der Waals surface area contributed by atoms with Crippen LogP contribution in [0, 0.1) is 0 Å². The molecule has 0 aliphatic heterocycles. The van der Waals surface area contributed by atoms with E-state index < -0.39 is 0 Å². The van der Waals surface area contributed by atoms with Gasteiger partial charge in [-0.05, 0) is 19.4 Å². The van der Waals surface area contributed by atoms with Crippen LogP contribution < -0.4 is 10.5 Å². The first-order valence-corrected chi connectivity index (χ1v) is 4.78. The van der Waals surface area contributed by atoms with E-state index in [-0.39, 0.29) is 11.9 Å². The molecule has 1 aromatic rings. The van der Waals surface area contributed by atoms with Crippen molar-refractivity contribution in [3.8, 4) is 5.88 Å². The molecule has 5 heteroatoms. The fraction of sp³-hybridized carbons (Fsp3) is 0.400. The van der Waals surface area contributed by atoms with Crippen molar-refractivity contribution in [2.75, 3.05) is 0 Å². The van der Waals surface area contributed by atoms with E-state index in [0.29, 0.717) is 11.4 Å². The monoisotopic (exact) mass is 209 g/mol. The van der Waals surface area contributed by atoms with Crippen molar-refractivity contribution in [2.24, 2.45) is 10.9 Å². The minimum Gasteiger partial charge on any atom is -0.475 e. The molecule has 5 nitrogen and oxygen atoms in total. The highest BCUT2D eigenvalue weighted by Crippen LogP contribution is 2.11. The Morgan fingerprint density at radius 1 is 1.73 bits per heavy atom. The summed E-state index contributed by atoms with van der Waals surface area (Å²) in [6, 6.07) is 3.29. The molecule has 0 saturated heterocycles. The highest BCUT2D eigenvalue weighted by atomic mass is 16.5. The molecule has 1 aromatic heterocycles. The molecule has 3 N–H and O–H groups in total. The van der Waals surface area contributed by atoms with Crippen LogP contribution in [0.3, 0.4) is 0 Å². The number of oxime groups is 1. The fourth-order valence-corrected chi connectivity index (χ4v) is 0.980. The van der Waals surface area contributed by atoms with Gasteiger partial charge in [0, 0.05) is 17.8 Å². The van der Waals surface area contributed by atoms with Crippen LogP contribution in [0.1, 0.15) is 25.8 Å². The van der Waals surface area contributed by atoms with Gasteiger partial charge in [0.2, 0.25) is 5.88 Å². The molecule has 15 heavy (non-hydrogen) atoms. The van der Waals surface area contributed by atoms with Gasteiger partial charge < -0.3 is 15.7 Å². The van der Waals surface area contributed by atoms with Gasteiger partial charge >= 0.3 is 0 Å². The van der Waals surface area contributed by atoms with Gasteiger partial charge in [0.25, 0.3) is 0 Å². The Morgan fingerprint density at radius 2 is 2.47 bits per heavy atom. The van der Waals surface area contributed by atoms with E-state index in [1.807, 2.05) is 13.8 Å². The first-order chi connectivity index (χ1) is 7.17. The predicted molar refractivity (Wildman–Crippen MR) is 57.1 cm³/mol. The summed E-state index contributed by atoms with van der Waals surface area (Å²) in [5.74, 6) is 0.528. The lowest BCUT2D eigenvalue weighted by molar-refractivity contribution is 0.208. The van der Waals surface area contributed by atoms with Gasteiger partial charge in [0.15, 0.2) is 5.84 Å². The summed E-state index contributed by atoms with van der Waals surface area (Å²) in [4.78, 5) is 4.03. The lowest BCUT2D eigenvalue weighted by Gasteiger charge is -2.11. The molecule has 0 saturated carbocycles. The lowest BCUT2D eigenvalue weighted by Crippen LogP contribution is -2.15. The second-order valence-corrected chi connectivity index (χ2v) is 3.20. The SMILES string of the molecule is CCC(C)Oc1cc(C(N)=NO)ccn1. The fourth-order valence-electron chi connectivity index (χ4n) is 0.980. The molecule has 0 spiro atoms. The standard InChI is InChI=1S/C10H15N3O2/c1-3-7(2)15-9-6-8(4-5-12-9)10(11)13-14/h4-7,14H,3H2,1-2H3,(H2,11,13). The maximum atomic E-state index is 8.51. The van der Waals surface area contributed by atoms with Crippen molar-refractivity contribution in [2.45, 2.75) is 26.4 Å². The van der Waals surface area contributed by atoms with Crippen molar-refractivity contribution >= 4 is 5.84 Å². The van der Waals surface area contributed by atoms with Gasteiger partial charge in [-0.2, -0.15) is 0 Å². The number of amidine groups is 1. The maximum absolute atomic E-state index is 8.51. The largest absolute Gasteiger partial charge is 0.475 e. The first-order valence-electron chi connectivity index (χ1n) is 4.78. The summed E-state index contributed by atoms with van der Waals surface area (Å²) in [6.07, 6.45) is 2.56.